The predicted molar refractivity (Wildman–Crippen MR) is 140 cm³/mol. The lowest BCUT2D eigenvalue weighted by molar-refractivity contribution is -0.137. The van der Waals surface area contributed by atoms with E-state index in [-0.39, 0.29) is 32.2 Å². The van der Waals surface area contributed by atoms with Gasteiger partial charge in [-0.2, -0.15) is 4.31 Å². The number of carbonyl (C=O) groups is 3. The van der Waals surface area contributed by atoms with E-state index < -0.39 is 46.1 Å². The molecule has 2 aromatic rings. The Hall–Kier alpha value is -3.64. The molecule has 0 spiro atoms. The molecule has 0 bridgehead atoms. The largest absolute Gasteiger partial charge is 0.480 e. The van der Waals surface area contributed by atoms with E-state index in [1.54, 1.807) is 20.8 Å². The predicted octanol–water partition coefficient (Wildman–Crippen LogP) is 2.77. The van der Waals surface area contributed by atoms with Gasteiger partial charge >= 0.3 is 18.2 Å². The van der Waals surface area contributed by atoms with Crippen LogP contribution < -0.4 is 10.6 Å². The number of ether oxygens (including phenoxy) is 2. The van der Waals surface area contributed by atoms with Crippen molar-refractivity contribution in [2.45, 2.75) is 32.3 Å². The van der Waals surface area contributed by atoms with Crippen molar-refractivity contribution in [3.05, 3.63) is 59.7 Å². The van der Waals surface area contributed by atoms with Crippen LogP contribution in [0.1, 0.15) is 37.8 Å². The number of sulfonamides is 1. The SMILES string of the molecule is CC(C)(C)OC(=O)NCCS(=O)(=O)N(CCNC(=O)OCC1c2ccccc2-c2ccccc21)CC(=O)O. The van der Waals surface area contributed by atoms with Gasteiger partial charge in [-0.05, 0) is 43.0 Å². The molecule has 38 heavy (non-hydrogen) atoms. The maximum absolute atomic E-state index is 12.7. The average Bonchev–Trinajstić information content (AvgIpc) is 3.14. The summed E-state index contributed by atoms with van der Waals surface area (Å²) < 4.78 is 36.5. The van der Waals surface area contributed by atoms with E-state index in [1.165, 1.54) is 0 Å². The van der Waals surface area contributed by atoms with Gasteiger partial charge in [0.05, 0.1) is 5.75 Å². The molecule has 2 amide bonds. The van der Waals surface area contributed by atoms with Gasteiger partial charge in [-0.1, -0.05) is 48.5 Å². The molecule has 0 saturated carbocycles. The van der Waals surface area contributed by atoms with E-state index in [0.29, 0.717) is 0 Å². The molecule has 1 aliphatic rings. The summed E-state index contributed by atoms with van der Waals surface area (Å²) in [6.45, 7) is 3.58. The number of alkyl carbamates (subject to hydrolysis) is 2. The molecule has 0 radical (unpaired) electrons. The maximum atomic E-state index is 12.7. The summed E-state index contributed by atoms with van der Waals surface area (Å²) in [4.78, 5) is 35.3. The van der Waals surface area contributed by atoms with Gasteiger partial charge in [-0.25, -0.2) is 18.0 Å². The first-order chi connectivity index (χ1) is 17.9. The van der Waals surface area contributed by atoms with Crippen molar-refractivity contribution < 1.29 is 37.4 Å². The number of benzene rings is 2. The number of hydrogen-bond donors (Lipinski definition) is 3. The van der Waals surface area contributed by atoms with Gasteiger partial charge in [-0.3, -0.25) is 4.79 Å². The third-order valence-corrected chi connectivity index (χ3v) is 7.53. The first-order valence-electron chi connectivity index (χ1n) is 12.1. The van der Waals surface area contributed by atoms with Gasteiger partial charge in [0.1, 0.15) is 18.8 Å². The molecular weight excluding hydrogens is 514 g/mol. The number of hydrogen-bond acceptors (Lipinski definition) is 7. The van der Waals surface area contributed by atoms with Gasteiger partial charge in [-0.15, -0.1) is 0 Å². The molecule has 0 fully saturated rings. The number of fused-ring (bicyclic) bond motifs is 3. The number of nitrogens with one attached hydrogen (secondary N) is 2. The van der Waals surface area contributed by atoms with Crippen LogP contribution in [0.2, 0.25) is 0 Å². The van der Waals surface area contributed by atoms with Crippen molar-refractivity contribution in [2.24, 2.45) is 0 Å². The van der Waals surface area contributed by atoms with Gasteiger partial charge in [0.2, 0.25) is 10.0 Å². The average molecular weight is 548 g/mol. The number of carbonyl (C=O) groups excluding carboxylic acids is 2. The zero-order chi connectivity index (χ0) is 27.9. The van der Waals surface area contributed by atoms with E-state index in [2.05, 4.69) is 10.6 Å². The molecule has 0 atom stereocenters. The third kappa shape index (κ3) is 7.93. The fourth-order valence-corrected chi connectivity index (χ4v) is 5.42. The maximum Gasteiger partial charge on any atom is 0.407 e. The van der Waals surface area contributed by atoms with E-state index in [9.17, 15) is 22.8 Å². The minimum atomic E-state index is -4.06. The molecule has 3 N–H and O–H groups in total. The van der Waals surface area contributed by atoms with Crippen LogP contribution in [0.25, 0.3) is 11.1 Å². The van der Waals surface area contributed by atoms with Crippen molar-refractivity contribution in [1.29, 1.82) is 0 Å². The summed E-state index contributed by atoms with van der Waals surface area (Å²) in [6, 6.07) is 15.8. The third-order valence-electron chi connectivity index (χ3n) is 5.71. The lowest BCUT2D eigenvalue weighted by Crippen LogP contribution is -2.44. The summed E-state index contributed by atoms with van der Waals surface area (Å²) in [5, 5.41) is 14.0. The molecule has 0 heterocycles. The molecule has 206 valence electrons. The van der Waals surface area contributed by atoms with Gasteiger partial charge in [0, 0.05) is 25.6 Å². The van der Waals surface area contributed by atoms with Crippen LogP contribution in [0.15, 0.2) is 48.5 Å². The number of carboxylic acids is 1. The Bertz CT molecular complexity index is 1230. The Morgan fingerprint density at radius 2 is 1.47 bits per heavy atom. The Morgan fingerprint density at radius 1 is 0.921 bits per heavy atom. The zero-order valence-corrected chi connectivity index (χ0v) is 22.4. The van der Waals surface area contributed by atoms with Crippen LogP contribution >= 0.6 is 0 Å². The normalized spacial score (nSPS) is 12.9. The minimum Gasteiger partial charge on any atom is -0.480 e. The Morgan fingerprint density at radius 3 is 2.03 bits per heavy atom. The molecule has 1 aliphatic carbocycles. The van der Waals surface area contributed by atoms with Crippen molar-refractivity contribution in [2.75, 3.05) is 38.5 Å². The topological polar surface area (TPSA) is 151 Å². The molecule has 0 aromatic heterocycles. The monoisotopic (exact) mass is 547 g/mol. The van der Waals surface area contributed by atoms with Crippen LogP contribution in [0.3, 0.4) is 0 Å². The second kappa shape index (κ2) is 12.3. The standard InChI is InChI=1S/C26H33N3O8S/c1-26(2,3)37-25(33)28-13-15-38(34,35)29(16-23(30)31)14-12-27-24(32)36-17-22-20-10-6-4-8-18(20)19-9-5-7-11-21(19)22/h4-11,22H,12-17H2,1-3H3,(H,27,32)(H,28,33)(H,30,31). The fourth-order valence-electron chi connectivity index (χ4n) is 4.12. The summed E-state index contributed by atoms with van der Waals surface area (Å²) in [5.74, 6) is -2.02. The molecule has 12 heteroatoms. The van der Waals surface area contributed by atoms with Gasteiger partial charge in [0.15, 0.2) is 0 Å². The van der Waals surface area contributed by atoms with Crippen molar-refractivity contribution in [3.63, 3.8) is 0 Å². The molecule has 0 aliphatic heterocycles. The molecule has 0 saturated heterocycles. The molecule has 11 nitrogen and oxygen atoms in total. The lowest BCUT2D eigenvalue weighted by atomic mass is 9.98. The number of nitrogens with zero attached hydrogens (tertiary/aromatic N) is 1. The number of carboxylic acid groups (broad SMARTS) is 1. The smallest absolute Gasteiger partial charge is 0.407 e. The number of aliphatic carboxylic acids is 1. The highest BCUT2D eigenvalue weighted by molar-refractivity contribution is 7.89. The minimum absolute atomic E-state index is 0.0906. The first kappa shape index (κ1) is 28.9. The van der Waals surface area contributed by atoms with Crippen LogP contribution in [0.4, 0.5) is 9.59 Å². The highest BCUT2D eigenvalue weighted by Gasteiger charge is 2.29. The van der Waals surface area contributed by atoms with Crippen LogP contribution in [-0.2, 0) is 24.3 Å². The van der Waals surface area contributed by atoms with Crippen LogP contribution in [0.5, 0.6) is 0 Å². The fraction of sp³-hybridized carbons (Fsp3) is 0.423. The first-order valence-corrected chi connectivity index (χ1v) is 13.7. The Balaban J connectivity index is 1.50. The molecule has 3 rings (SSSR count). The highest BCUT2D eigenvalue weighted by atomic mass is 32.2. The lowest BCUT2D eigenvalue weighted by Gasteiger charge is -2.22. The van der Waals surface area contributed by atoms with E-state index >= 15 is 0 Å². The van der Waals surface area contributed by atoms with Crippen LogP contribution in [0, 0.1) is 0 Å². The van der Waals surface area contributed by atoms with Crippen molar-refractivity contribution in [1.82, 2.24) is 14.9 Å². The van der Waals surface area contributed by atoms with Gasteiger partial charge < -0.3 is 25.2 Å². The number of amides is 2. The quantitative estimate of drug-likeness (QED) is 0.388. The zero-order valence-electron chi connectivity index (χ0n) is 21.6. The van der Waals surface area contributed by atoms with Crippen molar-refractivity contribution in [3.8, 4) is 11.1 Å². The summed E-state index contributed by atoms with van der Waals surface area (Å²) in [5.41, 5.74) is 3.55. The summed E-state index contributed by atoms with van der Waals surface area (Å²) in [7, 11) is -4.06. The summed E-state index contributed by atoms with van der Waals surface area (Å²) in [6.07, 6.45) is -1.53. The second-order valence-corrected chi connectivity index (χ2v) is 11.8. The van der Waals surface area contributed by atoms with Crippen molar-refractivity contribution >= 4 is 28.2 Å². The van der Waals surface area contributed by atoms with Crippen LogP contribution in [-0.4, -0.2) is 80.1 Å². The summed E-state index contributed by atoms with van der Waals surface area (Å²) >= 11 is 0. The molecular formula is C26H33N3O8S. The van der Waals surface area contributed by atoms with Gasteiger partial charge in [0.25, 0.3) is 0 Å². The highest BCUT2D eigenvalue weighted by Crippen LogP contribution is 2.44. The molecule has 2 aromatic carbocycles. The van der Waals surface area contributed by atoms with E-state index in [4.69, 9.17) is 14.6 Å². The molecule has 0 unspecified atom stereocenters. The Kier molecular flexibility index (Phi) is 9.34. The van der Waals surface area contributed by atoms with E-state index in [1.807, 2.05) is 48.5 Å². The number of rotatable bonds is 11. The Labute approximate surface area is 222 Å². The second-order valence-electron chi connectivity index (χ2n) is 9.72. The van der Waals surface area contributed by atoms with E-state index in [0.717, 1.165) is 26.6 Å².